The van der Waals surface area contributed by atoms with Gasteiger partial charge in [0.15, 0.2) is 16.6 Å². The average Bonchev–Trinajstić information content (AvgIpc) is 2.62. The van der Waals surface area contributed by atoms with Crippen LogP contribution in [0.4, 0.5) is 10.2 Å². The van der Waals surface area contributed by atoms with Crippen molar-refractivity contribution in [3.8, 4) is 0 Å². The quantitative estimate of drug-likeness (QED) is 0.448. The van der Waals surface area contributed by atoms with E-state index in [-0.39, 0.29) is 29.7 Å². The highest BCUT2D eigenvalue weighted by atomic mass is 32.2. The summed E-state index contributed by atoms with van der Waals surface area (Å²) in [5, 5.41) is 12.7. The normalized spacial score (nSPS) is 12.3. The molecule has 136 valence electrons. The van der Waals surface area contributed by atoms with Gasteiger partial charge in [-0.3, -0.25) is 4.79 Å². The van der Waals surface area contributed by atoms with E-state index in [2.05, 4.69) is 25.3 Å². The van der Waals surface area contributed by atoms with Gasteiger partial charge in [-0.1, -0.05) is 29.5 Å². The van der Waals surface area contributed by atoms with Crippen molar-refractivity contribution in [3.05, 3.63) is 51.7 Å². The maximum Gasteiger partial charge on any atom is 0.268 e. The van der Waals surface area contributed by atoms with E-state index in [1.807, 2.05) is 6.92 Å². The number of aromatic nitrogens is 4. The molecule has 3 rings (SSSR count). The fourth-order valence-electron chi connectivity index (χ4n) is 2.32. The number of H-pyrrole nitrogens is 1. The number of aryl methyl sites for hydroxylation is 1. The summed E-state index contributed by atoms with van der Waals surface area (Å²) >= 11 is 1.25. The van der Waals surface area contributed by atoms with Crippen LogP contribution in [0, 0.1) is 12.7 Å². The van der Waals surface area contributed by atoms with Crippen LogP contribution in [0.2, 0.25) is 0 Å². The SMILES string of the molecule is Cc1ccc(F)c(CSc2nc(N[C@H](C)CO)c3ncc(=O)[nH]c3n2)c1. The molecule has 0 spiro atoms. The van der Waals surface area contributed by atoms with Crippen molar-refractivity contribution in [2.45, 2.75) is 30.8 Å². The number of thioether (sulfide) groups is 1. The smallest absolute Gasteiger partial charge is 0.268 e. The zero-order chi connectivity index (χ0) is 18.7. The lowest BCUT2D eigenvalue weighted by Gasteiger charge is -2.13. The minimum Gasteiger partial charge on any atom is -0.394 e. The Hall–Kier alpha value is -2.52. The third-order valence-electron chi connectivity index (χ3n) is 3.63. The second kappa shape index (κ2) is 7.79. The Morgan fingerprint density at radius 3 is 2.96 bits per heavy atom. The molecule has 1 aromatic carbocycles. The van der Waals surface area contributed by atoms with Crippen LogP contribution >= 0.6 is 11.8 Å². The second-order valence-corrected chi connectivity index (χ2v) is 6.85. The molecule has 0 radical (unpaired) electrons. The number of benzene rings is 1. The van der Waals surface area contributed by atoms with Crippen LogP contribution in [0.5, 0.6) is 0 Å². The highest BCUT2D eigenvalue weighted by Gasteiger charge is 2.13. The summed E-state index contributed by atoms with van der Waals surface area (Å²) in [5.41, 5.74) is 1.83. The van der Waals surface area contributed by atoms with E-state index in [1.54, 1.807) is 19.1 Å². The van der Waals surface area contributed by atoms with Gasteiger partial charge < -0.3 is 15.4 Å². The molecule has 0 fully saturated rings. The number of hydrogen-bond donors (Lipinski definition) is 3. The zero-order valence-corrected chi connectivity index (χ0v) is 15.1. The molecule has 2 heterocycles. The van der Waals surface area contributed by atoms with Crippen LogP contribution in [-0.2, 0) is 5.75 Å². The summed E-state index contributed by atoms with van der Waals surface area (Å²) in [6.45, 7) is 3.59. The summed E-state index contributed by atoms with van der Waals surface area (Å²) in [6.07, 6.45) is 1.15. The number of anilines is 1. The topological polar surface area (TPSA) is 104 Å². The van der Waals surface area contributed by atoms with E-state index in [1.165, 1.54) is 17.8 Å². The summed E-state index contributed by atoms with van der Waals surface area (Å²) in [4.78, 5) is 27.0. The molecule has 0 aliphatic rings. The van der Waals surface area contributed by atoms with E-state index in [9.17, 15) is 14.3 Å². The van der Waals surface area contributed by atoms with Crippen molar-refractivity contribution in [1.29, 1.82) is 0 Å². The number of aromatic amines is 1. The molecule has 3 aromatic rings. The fraction of sp³-hybridized carbons (Fsp3) is 0.294. The van der Waals surface area contributed by atoms with Crippen molar-refractivity contribution in [3.63, 3.8) is 0 Å². The Bertz CT molecular complexity index is 995. The summed E-state index contributed by atoms with van der Waals surface area (Å²) in [5.74, 6) is 0.463. The van der Waals surface area contributed by atoms with Crippen LogP contribution in [0.3, 0.4) is 0 Å². The molecule has 0 unspecified atom stereocenters. The minimum absolute atomic E-state index is 0.0914. The van der Waals surface area contributed by atoms with Crippen LogP contribution in [0.15, 0.2) is 34.3 Å². The molecular weight excluding hydrogens is 357 g/mol. The average molecular weight is 375 g/mol. The minimum atomic E-state index is -0.377. The predicted molar refractivity (Wildman–Crippen MR) is 98.8 cm³/mol. The van der Waals surface area contributed by atoms with E-state index in [0.29, 0.717) is 27.8 Å². The summed E-state index contributed by atoms with van der Waals surface area (Å²) in [7, 11) is 0. The van der Waals surface area contributed by atoms with Crippen molar-refractivity contribution in [1.82, 2.24) is 19.9 Å². The van der Waals surface area contributed by atoms with Crippen molar-refractivity contribution in [2.75, 3.05) is 11.9 Å². The van der Waals surface area contributed by atoms with Gasteiger partial charge in [0.2, 0.25) is 0 Å². The molecule has 9 heteroatoms. The van der Waals surface area contributed by atoms with Gasteiger partial charge in [0.05, 0.1) is 12.8 Å². The molecule has 3 N–H and O–H groups in total. The Labute approximate surface area is 153 Å². The van der Waals surface area contributed by atoms with Crippen molar-refractivity contribution >= 4 is 28.7 Å². The van der Waals surface area contributed by atoms with Gasteiger partial charge >= 0.3 is 0 Å². The molecule has 26 heavy (non-hydrogen) atoms. The van der Waals surface area contributed by atoms with Crippen LogP contribution in [0.25, 0.3) is 11.2 Å². The number of nitrogens with one attached hydrogen (secondary N) is 2. The molecular formula is C17H18FN5O2S. The van der Waals surface area contributed by atoms with Gasteiger partial charge in [-0.25, -0.2) is 19.3 Å². The first-order valence-corrected chi connectivity index (χ1v) is 8.97. The number of rotatable bonds is 6. The monoisotopic (exact) mass is 375 g/mol. The number of nitrogens with zero attached hydrogens (tertiary/aromatic N) is 3. The molecule has 0 aliphatic carbocycles. The Kier molecular flexibility index (Phi) is 5.48. The number of hydrogen-bond acceptors (Lipinski definition) is 7. The molecule has 7 nitrogen and oxygen atoms in total. The lowest BCUT2D eigenvalue weighted by molar-refractivity contribution is 0.281. The number of fused-ring (bicyclic) bond motifs is 1. The number of aliphatic hydroxyl groups excluding tert-OH is 1. The first-order valence-electron chi connectivity index (χ1n) is 7.98. The zero-order valence-electron chi connectivity index (χ0n) is 14.3. The first-order chi connectivity index (χ1) is 12.5. The lowest BCUT2D eigenvalue weighted by Crippen LogP contribution is -2.21. The van der Waals surface area contributed by atoms with Crippen molar-refractivity contribution in [2.24, 2.45) is 0 Å². The van der Waals surface area contributed by atoms with Gasteiger partial charge in [0.1, 0.15) is 11.3 Å². The molecule has 2 aromatic heterocycles. The van der Waals surface area contributed by atoms with E-state index < -0.39 is 0 Å². The largest absolute Gasteiger partial charge is 0.394 e. The number of aliphatic hydroxyl groups is 1. The number of halogens is 1. The van der Waals surface area contributed by atoms with Crippen LogP contribution < -0.4 is 10.9 Å². The molecule has 0 bridgehead atoms. The van der Waals surface area contributed by atoms with Gasteiger partial charge in [-0.2, -0.15) is 0 Å². The van der Waals surface area contributed by atoms with E-state index >= 15 is 0 Å². The summed E-state index contributed by atoms with van der Waals surface area (Å²) in [6, 6.07) is 4.67. The van der Waals surface area contributed by atoms with Gasteiger partial charge in [-0.15, -0.1) is 0 Å². The Morgan fingerprint density at radius 2 is 2.19 bits per heavy atom. The highest BCUT2D eigenvalue weighted by Crippen LogP contribution is 2.25. The molecule has 0 saturated carbocycles. The third-order valence-corrected chi connectivity index (χ3v) is 4.53. The fourth-order valence-corrected chi connectivity index (χ4v) is 3.13. The lowest BCUT2D eigenvalue weighted by atomic mass is 10.1. The predicted octanol–water partition coefficient (Wildman–Crippen LogP) is 2.25. The van der Waals surface area contributed by atoms with Gasteiger partial charge in [-0.05, 0) is 25.5 Å². The molecule has 1 atom stereocenters. The molecule has 0 saturated heterocycles. The maximum atomic E-state index is 13.9. The third kappa shape index (κ3) is 4.17. The Balaban J connectivity index is 1.94. The van der Waals surface area contributed by atoms with E-state index in [0.717, 1.165) is 11.8 Å². The maximum absolute atomic E-state index is 13.9. The van der Waals surface area contributed by atoms with Crippen molar-refractivity contribution < 1.29 is 9.50 Å². The van der Waals surface area contributed by atoms with E-state index in [4.69, 9.17) is 0 Å². The molecule has 0 aliphatic heterocycles. The highest BCUT2D eigenvalue weighted by molar-refractivity contribution is 7.98. The van der Waals surface area contributed by atoms with Gasteiger partial charge in [0.25, 0.3) is 5.56 Å². The second-order valence-electron chi connectivity index (χ2n) is 5.91. The van der Waals surface area contributed by atoms with Gasteiger partial charge in [0, 0.05) is 11.8 Å². The van der Waals surface area contributed by atoms with Crippen LogP contribution in [-0.4, -0.2) is 37.7 Å². The van der Waals surface area contributed by atoms with Crippen LogP contribution in [0.1, 0.15) is 18.1 Å². The molecule has 0 amide bonds. The standard InChI is InChI=1S/C17H18FN5O2S/c1-9-3-4-12(18)11(5-9)8-26-17-22-15(20-10(2)7-24)14-16(23-17)21-13(25)6-19-14/h3-6,10,24H,7-8H2,1-2H3,(H2,20,21,22,23,25)/t10-/m1/s1. The Morgan fingerprint density at radius 1 is 1.38 bits per heavy atom. The first kappa shape index (κ1) is 18.3. The summed E-state index contributed by atoms with van der Waals surface area (Å²) < 4.78 is 13.9.